The van der Waals surface area contributed by atoms with Crippen LogP contribution in [0.5, 0.6) is 11.5 Å². The lowest BCUT2D eigenvalue weighted by molar-refractivity contribution is -0.119. The van der Waals surface area contributed by atoms with Gasteiger partial charge in [0.05, 0.1) is 18.2 Å². The third kappa shape index (κ3) is 4.67. The Morgan fingerprint density at radius 3 is 2.67 bits per heavy atom. The molecule has 11 heteroatoms. The van der Waals surface area contributed by atoms with E-state index in [-0.39, 0.29) is 17.1 Å². The van der Waals surface area contributed by atoms with Crippen molar-refractivity contribution >= 4 is 34.1 Å². The highest BCUT2D eigenvalue weighted by Crippen LogP contribution is 2.38. The van der Waals surface area contributed by atoms with Crippen molar-refractivity contribution < 1.29 is 37.4 Å². The molecule has 0 spiro atoms. The van der Waals surface area contributed by atoms with Crippen LogP contribution in [0.4, 0.5) is 13.8 Å². The Balaban J connectivity index is 1.63. The number of aryl methyl sites for hydroxylation is 1. The van der Waals surface area contributed by atoms with Gasteiger partial charge in [0, 0.05) is 4.88 Å². The molecule has 0 radical (unpaired) electrons. The summed E-state index contributed by atoms with van der Waals surface area (Å²) in [6.07, 6.45) is 2.47. The van der Waals surface area contributed by atoms with Crippen molar-refractivity contribution in [1.29, 1.82) is 0 Å². The van der Waals surface area contributed by atoms with Crippen molar-refractivity contribution in [3.05, 3.63) is 39.8 Å². The highest BCUT2D eigenvalue weighted by atomic mass is 32.1. The number of fused-ring (bicyclic) bond motifs is 1. The van der Waals surface area contributed by atoms with Crippen molar-refractivity contribution in [2.24, 2.45) is 5.73 Å². The van der Waals surface area contributed by atoms with E-state index in [9.17, 15) is 23.2 Å². The van der Waals surface area contributed by atoms with Gasteiger partial charge in [0.15, 0.2) is 18.1 Å². The van der Waals surface area contributed by atoms with Crippen LogP contribution in [0, 0.1) is 0 Å². The fourth-order valence-corrected chi connectivity index (χ4v) is 4.43. The summed E-state index contributed by atoms with van der Waals surface area (Å²) in [5.74, 6) is -2.47. The highest BCUT2D eigenvalue weighted by molar-refractivity contribution is 7.17. The Labute approximate surface area is 173 Å². The van der Waals surface area contributed by atoms with Crippen LogP contribution in [0.3, 0.4) is 0 Å². The zero-order valence-corrected chi connectivity index (χ0v) is 16.6. The number of rotatable bonds is 8. The number of nitrogens with one attached hydrogen (secondary N) is 1. The molecule has 0 saturated heterocycles. The van der Waals surface area contributed by atoms with Gasteiger partial charge in [-0.05, 0) is 43.0 Å². The molecule has 0 unspecified atom stereocenters. The largest absolute Gasteiger partial charge is 0.493 e. The van der Waals surface area contributed by atoms with E-state index < -0.39 is 31.0 Å². The van der Waals surface area contributed by atoms with Crippen LogP contribution in [-0.2, 0) is 22.4 Å². The minimum Gasteiger partial charge on any atom is -0.493 e. The molecule has 160 valence electrons. The molecule has 1 aliphatic carbocycles. The molecule has 0 aliphatic heterocycles. The van der Waals surface area contributed by atoms with Crippen molar-refractivity contribution in [3.63, 3.8) is 0 Å². The lowest BCUT2D eigenvalue weighted by atomic mass is 10.1. The van der Waals surface area contributed by atoms with Crippen LogP contribution in [-0.4, -0.2) is 38.1 Å². The molecule has 2 amide bonds. The Hall–Kier alpha value is -3.21. The summed E-state index contributed by atoms with van der Waals surface area (Å²) >= 11 is 1.28. The molecule has 3 rings (SSSR count). The van der Waals surface area contributed by atoms with Gasteiger partial charge in [-0.1, -0.05) is 0 Å². The standard InChI is InChI=1S/C19H18F2N2O6S/c1-27-12-7-9(5-6-11(12)29-19(20)21)18(26)28-8-14(24)23-17-15(16(22)25)10-3-2-4-13(10)30-17/h5-7,19H,2-4,8H2,1H3,(H2,22,25)(H,23,24). The van der Waals surface area contributed by atoms with Crippen molar-refractivity contribution in [3.8, 4) is 11.5 Å². The summed E-state index contributed by atoms with van der Waals surface area (Å²) in [6, 6.07) is 3.50. The Bertz CT molecular complexity index is 992. The number of alkyl halides is 2. The number of benzene rings is 1. The van der Waals surface area contributed by atoms with Crippen molar-refractivity contribution in [1.82, 2.24) is 0 Å². The number of primary amides is 1. The smallest absolute Gasteiger partial charge is 0.387 e. The van der Waals surface area contributed by atoms with Crippen molar-refractivity contribution in [2.75, 3.05) is 19.0 Å². The number of nitrogens with two attached hydrogens (primary N) is 1. The number of amides is 2. The molecule has 1 aromatic heterocycles. The zero-order chi connectivity index (χ0) is 21.8. The van der Waals surface area contributed by atoms with Gasteiger partial charge >= 0.3 is 12.6 Å². The molecule has 1 aromatic carbocycles. The second kappa shape index (κ2) is 9.08. The maximum Gasteiger partial charge on any atom is 0.387 e. The molecular formula is C19H18F2N2O6S. The topological polar surface area (TPSA) is 117 Å². The first-order valence-electron chi connectivity index (χ1n) is 8.84. The monoisotopic (exact) mass is 440 g/mol. The Morgan fingerprint density at radius 1 is 1.23 bits per heavy atom. The van der Waals surface area contributed by atoms with E-state index in [4.69, 9.17) is 15.2 Å². The maximum absolute atomic E-state index is 12.4. The van der Waals surface area contributed by atoms with Crippen LogP contribution in [0.25, 0.3) is 0 Å². The van der Waals surface area contributed by atoms with Gasteiger partial charge in [-0.25, -0.2) is 4.79 Å². The lowest BCUT2D eigenvalue weighted by Crippen LogP contribution is -2.22. The number of halogens is 2. The minimum absolute atomic E-state index is 0.0193. The molecule has 0 atom stereocenters. The summed E-state index contributed by atoms with van der Waals surface area (Å²) in [7, 11) is 1.23. The third-order valence-electron chi connectivity index (χ3n) is 4.37. The molecule has 8 nitrogen and oxygen atoms in total. The summed E-state index contributed by atoms with van der Waals surface area (Å²) in [5.41, 5.74) is 6.58. The Kier molecular flexibility index (Phi) is 6.50. The molecule has 0 bridgehead atoms. The molecular weight excluding hydrogens is 422 g/mol. The van der Waals surface area contributed by atoms with E-state index in [1.165, 1.54) is 24.5 Å². The predicted molar refractivity (Wildman–Crippen MR) is 103 cm³/mol. The average molecular weight is 440 g/mol. The van der Waals surface area contributed by atoms with Gasteiger partial charge in [-0.15, -0.1) is 11.3 Å². The fraction of sp³-hybridized carbons (Fsp3) is 0.316. The quantitative estimate of drug-likeness (QED) is 0.610. The lowest BCUT2D eigenvalue weighted by Gasteiger charge is -2.11. The molecule has 3 N–H and O–H groups in total. The summed E-state index contributed by atoms with van der Waals surface area (Å²) in [4.78, 5) is 37.1. The minimum atomic E-state index is -3.05. The number of hydrogen-bond donors (Lipinski definition) is 2. The van der Waals surface area contributed by atoms with E-state index in [1.807, 2.05) is 0 Å². The van der Waals surface area contributed by atoms with Gasteiger partial charge in [0.25, 0.3) is 11.8 Å². The number of carbonyl (C=O) groups is 3. The molecule has 1 aliphatic rings. The first kappa shape index (κ1) is 21.5. The van der Waals surface area contributed by atoms with E-state index in [0.717, 1.165) is 41.8 Å². The second-order valence-electron chi connectivity index (χ2n) is 6.29. The predicted octanol–water partition coefficient (Wildman–Crippen LogP) is 2.74. The normalized spacial score (nSPS) is 12.4. The van der Waals surface area contributed by atoms with Crippen LogP contribution in [0.2, 0.25) is 0 Å². The molecule has 0 saturated carbocycles. The number of hydrogen-bond acceptors (Lipinski definition) is 7. The van der Waals surface area contributed by atoms with Gasteiger partial charge in [-0.3, -0.25) is 9.59 Å². The molecule has 2 aromatic rings. The van der Waals surface area contributed by atoms with Gasteiger partial charge < -0.3 is 25.3 Å². The van der Waals surface area contributed by atoms with Crippen LogP contribution < -0.4 is 20.5 Å². The first-order valence-corrected chi connectivity index (χ1v) is 9.66. The fourth-order valence-electron chi connectivity index (χ4n) is 3.12. The maximum atomic E-state index is 12.4. The van der Waals surface area contributed by atoms with E-state index in [2.05, 4.69) is 10.1 Å². The van der Waals surface area contributed by atoms with Gasteiger partial charge in [0.2, 0.25) is 0 Å². The van der Waals surface area contributed by atoms with E-state index >= 15 is 0 Å². The number of ether oxygens (including phenoxy) is 3. The molecule has 1 heterocycles. The molecule has 0 fully saturated rings. The Morgan fingerprint density at radius 2 is 2.00 bits per heavy atom. The number of anilines is 1. The summed E-state index contributed by atoms with van der Waals surface area (Å²) in [5, 5.41) is 2.89. The zero-order valence-electron chi connectivity index (χ0n) is 15.8. The van der Waals surface area contributed by atoms with Crippen molar-refractivity contribution in [2.45, 2.75) is 25.9 Å². The summed E-state index contributed by atoms with van der Waals surface area (Å²) < 4.78 is 38.9. The van der Waals surface area contributed by atoms with Crippen LogP contribution in [0.1, 0.15) is 37.6 Å². The number of methoxy groups -OCH3 is 1. The summed E-state index contributed by atoms with van der Waals surface area (Å²) in [6.45, 7) is -3.67. The SMILES string of the molecule is COc1cc(C(=O)OCC(=O)Nc2sc3c(c2C(N)=O)CCC3)ccc1OC(F)F. The van der Waals surface area contributed by atoms with E-state index in [1.54, 1.807) is 0 Å². The number of carbonyl (C=O) groups excluding carboxylic acids is 3. The highest BCUT2D eigenvalue weighted by Gasteiger charge is 2.26. The number of thiophene rings is 1. The second-order valence-corrected chi connectivity index (χ2v) is 7.40. The van der Waals surface area contributed by atoms with Gasteiger partial charge in [-0.2, -0.15) is 8.78 Å². The van der Waals surface area contributed by atoms with Gasteiger partial charge in [0.1, 0.15) is 5.00 Å². The average Bonchev–Trinajstić information content (AvgIpc) is 3.26. The molecule has 30 heavy (non-hydrogen) atoms. The van der Waals surface area contributed by atoms with Crippen LogP contribution >= 0.6 is 11.3 Å². The third-order valence-corrected chi connectivity index (χ3v) is 5.58. The number of esters is 1. The van der Waals surface area contributed by atoms with Crippen LogP contribution in [0.15, 0.2) is 18.2 Å². The van der Waals surface area contributed by atoms with E-state index in [0.29, 0.717) is 10.6 Å². The first-order chi connectivity index (χ1) is 14.3.